The Kier molecular flexibility index (Phi) is 46.9. The molecule has 12 aromatic heterocycles. The molecule has 0 N–H and O–H groups in total. The van der Waals surface area contributed by atoms with Crippen LogP contribution in [-0.4, -0.2) is 88.0 Å². The average molecular weight is 2200 g/mol. The fourth-order valence-corrected chi connectivity index (χ4v) is 40.3. The zero-order chi connectivity index (χ0) is 93.1. The van der Waals surface area contributed by atoms with Crippen molar-refractivity contribution in [1.82, 2.24) is 0 Å². The molecule has 5 unspecified atom stereocenters. The molecule has 19 heteroatoms. The molecule has 5 nitrogen and oxygen atoms in total. The van der Waals surface area contributed by atoms with Crippen molar-refractivity contribution < 1.29 is 23.8 Å². The minimum Gasteiger partial charge on any atom is -0.288 e. The van der Waals surface area contributed by atoms with Gasteiger partial charge in [-0.15, -0.1) is 79.4 Å². The van der Waals surface area contributed by atoms with Gasteiger partial charge in [0, 0.05) is 106 Å². The maximum absolute atomic E-state index is 11.8. The molecule has 0 amide bonds. The minimum atomic E-state index is -2.32. The van der Waals surface area contributed by atoms with Crippen molar-refractivity contribution in [3.05, 3.63) is 192 Å². The van der Waals surface area contributed by atoms with Gasteiger partial charge in [-0.25, -0.2) is 0 Å². The summed E-state index contributed by atoms with van der Waals surface area (Å²) >= 11 is 18.1. The summed E-state index contributed by atoms with van der Waals surface area (Å²) in [4.78, 5) is 54.2. The molecule has 5 atom stereocenters. The van der Waals surface area contributed by atoms with Crippen molar-refractivity contribution in [3.63, 3.8) is 0 Å². The number of ether oxygens (including phenoxy) is 3. The second kappa shape index (κ2) is 56.8. The summed E-state index contributed by atoms with van der Waals surface area (Å²) in [5, 5.41) is 20.4. The fraction of sp³-hybridized carbons (Fsp3) is 0.518. The molecular formula is C112H152O5S12Sn2. The minimum absolute atomic E-state index is 0.00847. The number of thiophene rings is 12. The van der Waals surface area contributed by atoms with E-state index in [0.717, 1.165) is 69.2 Å². The van der Waals surface area contributed by atoms with Gasteiger partial charge in [-0.05, 0) is 168 Å². The Labute approximate surface area is 845 Å². The van der Waals surface area contributed by atoms with Crippen LogP contribution in [0.4, 0.5) is 0 Å². The van der Waals surface area contributed by atoms with E-state index < -0.39 is 36.8 Å². The largest absolute Gasteiger partial charge is 0.288 e. The van der Waals surface area contributed by atoms with Crippen molar-refractivity contribution in [2.45, 2.75) is 298 Å². The van der Waals surface area contributed by atoms with Crippen LogP contribution in [0.2, 0.25) is 29.6 Å². The Morgan fingerprint density at radius 1 is 0.298 bits per heavy atom. The van der Waals surface area contributed by atoms with Gasteiger partial charge in [0.25, 0.3) is 0 Å². The number of hydrogen-bond acceptors (Lipinski definition) is 17. The summed E-state index contributed by atoms with van der Waals surface area (Å²) in [6, 6.07) is 41.6. The second-order valence-corrected chi connectivity index (χ2v) is 81.1. The molecule has 18 rings (SSSR count). The molecule has 0 radical (unpaired) electrons. The van der Waals surface area contributed by atoms with Crippen LogP contribution in [0.15, 0.2) is 147 Å². The Hall–Kier alpha value is -3.30. The molecular weight excluding hydrogens is 2050 g/mol. The van der Waals surface area contributed by atoms with E-state index in [9.17, 15) is 9.59 Å². The van der Waals surface area contributed by atoms with Crippen LogP contribution in [-0.2, 0) is 46.3 Å². The van der Waals surface area contributed by atoms with E-state index in [4.69, 9.17) is 14.2 Å². The number of benzene rings is 2. The van der Waals surface area contributed by atoms with Crippen molar-refractivity contribution in [2.75, 3.05) is 39.6 Å². The van der Waals surface area contributed by atoms with Gasteiger partial charge in [0.15, 0.2) is 0 Å². The Morgan fingerprint density at radius 3 is 0.847 bits per heavy atom. The summed E-state index contributed by atoms with van der Waals surface area (Å²) in [5.74, 6) is 4.14. The van der Waals surface area contributed by atoms with E-state index in [1.807, 2.05) is 79.6 Å². The third-order valence-electron chi connectivity index (χ3n) is 25.8. The predicted octanol–water partition coefficient (Wildman–Crippen LogP) is 38.5. The van der Waals surface area contributed by atoms with Gasteiger partial charge < -0.3 is 14.2 Å². The second-order valence-electron chi connectivity index (χ2n) is 38.0. The van der Waals surface area contributed by atoms with Crippen molar-refractivity contribution in [2.24, 2.45) is 29.6 Å². The van der Waals surface area contributed by atoms with Crippen LogP contribution in [0.5, 0.6) is 0 Å². The van der Waals surface area contributed by atoms with E-state index in [0.29, 0.717) is 20.9 Å². The van der Waals surface area contributed by atoms with E-state index >= 15 is 0 Å². The first-order valence-electron chi connectivity index (χ1n) is 50.0. The Balaban J connectivity index is 0.000000170. The maximum Gasteiger partial charge on any atom is 0.205 e. The molecule has 0 spiro atoms. The molecule has 0 bridgehead atoms. The normalized spacial score (nSPS) is 14.7. The zero-order valence-corrected chi connectivity index (χ0v) is 97.4. The van der Waals surface area contributed by atoms with E-state index in [-0.39, 0.29) is 11.6 Å². The van der Waals surface area contributed by atoms with Gasteiger partial charge in [0.2, 0.25) is 11.6 Å². The number of carbonyl (C=O) groups excluding carboxylic acids is 2. The third kappa shape index (κ3) is 31.6. The van der Waals surface area contributed by atoms with E-state index in [1.165, 1.54) is 273 Å². The Morgan fingerprint density at radius 2 is 0.595 bits per heavy atom. The van der Waals surface area contributed by atoms with Gasteiger partial charge in [-0.1, -0.05) is 151 Å². The molecule has 3 saturated heterocycles. The number of ketones is 2. The number of hydrogen-bond donors (Lipinski definition) is 0. The molecule has 1 aliphatic carbocycles. The molecule has 131 heavy (non-hydrogen) atoms. The maximum atomic E-state index is 11.8. The molecule has 0 saturated carbocycles. The van der Waals surface area contributed by atoms with Crippen LogP contribution in [0.3, 0.4) is 0 Å². The van der Waals surface area contributed by atoms with E-state index in [1.54, 1.807) is 95.7 Å². The van der Waals surface area contributed by atoms with Crippen LogP contribution in [0.1, 0.15) is 291 Å². The number of carbonyl (C=O) groups is 2. The van der Waals surface area contributed by atoms with Gasteiger partial charge in [-0.3, -0.25) is 9.59 Å². The number of rotatable bonds is 36. The van der Waals surface area contributed by atoms with E-state index in [2.05, 4.69) is 245 Å². The molecule has 3 aliphatic heterocycles. The molecule has 710 valence electrons. The van der Waals surface area contributed by atoms with Crippen molar-refractivity contribution in [1.29, 1.82) is 0 Å². The molecule has 4 aliphatic rings. The summed E-state index contributed by atoms with van der Waals surface area (Å²) in [6.07, 6.45) is 40.6. The number of unbranched alkanes of at least 4 members (excludes halogenated alkanes) is 5. The smallest absolute Gasteiger partial charge is 0.205 e. The number of fused-ring (bicyclic) bond motifs is 6. The van der Waals surface area contributed by atoms with Crippen LogP contribution in [0.25, 0.3) is 82.1 Å². The Bertz CT molecular complexity index is 5080. The summed E-state index contributed by atoms with van der Waals surface area (Å²) in [6.45, 7) is 29.4. The first-order chi connectivity index (χ1) is 63.7. The molecule has 15 heterocycles. The topological polar surface area (TPSA) is 61.8 Å². The molecule has 14 aromatic rings. The quantitative estimate of drug-likeness (QED) is 0.0366. The fourth-order valence-electron chi connectivity index (χ4n) is 17.5. The van der Waals surface area contributed by atoms with Gasteiger partial charge >= 0.3 is 295 Å². The van der Waals surface area contributed by atoms with Crippen LogP contribution < -0.4 is 5.79 Å². The molecule has 2 aromatic carbocycles. The third-order valence-corrected chi connectivity index (χ3v) is 56.7. The monoisotopic (exact) mass is 2200 g/mol. The van der Waals surface area contributed by atoms with Gasteiger partial charge in [0.1, 0.15) is 0 Å². The SMILES string of the molecule is C1CCOC1.C1CCOC1.C1CCOC1.CCCCC(CC)Cc1ccc(-c2c3c[c]([Sn]([CH3])([CH3])[CH3])sc3c(-c3ccc(CC(CC)CCCC)s3)c3c[c]([Sn]([CH3])([CH3])[CH3])sc23)s1.CCCCC(CC)Cc1ccc(-c2c3ccsc3c(-c3ccc(CC(CC)CCCC)s3)c3ccsc23)s1.CCCCC(CC)Cc1cccs1.O=C1c2ccsc2C(=O)c2ccsc21.c1ccsc1. The first-order valence-corrected chi connectivity index (χ1v) is 80.2. The van der Waals surface area contributed by atoms with Gasteiger partial charge in [-0.2, -0.15) is 11.3 Å². The van der Waals surface area contributed by atoms with Gasteiger partial charge in [0.05, 0.1) is 9.75 Å². The van der Waals surface area contributed by atoms with Crippen molar-refractivity contribution in [3.8, 4) is 41.8 Å². The summed E-state index contributed by atoms with van der Waals surface area (Å²) in [5.41, 5.74) is 7.17. The van der Waals surface area contributed by atoms with Crippen LogP contribution >= 0.6 is 136 Å². The molecule has 3 fully saturated rings. The first kappa shape index (κ1) is 108. The average Bonchev–Trinajstić information content (AvgIpc) is 1.56. The summed E-state index contributed by atoms with van der Waals surface area (Å²) < 4.78 is 24.3. The zero-order valence-electron chi connectivity index (χ0n) is 81.9. The summed E-state index contributed by atoms with van der Waals surface area (Å²) in [7, 11) is 0. The van der Waals surface area contributed by atoms with Crippen LogP contribution in [0, 0.1) is 29.6 Å². The predicted molar refractivity (Wildman–Crippen MR) is 603 cm³/mol. The standard InChI is InChI=1S/C34H42S4.C34H40S4.C12H20S.C10H4O2S2.3C4H8O.C4H4S.6CH3.2Sn/c2*1-5-9-11-23(7-3)21-25-13-15-29(37-25)31-27-17-19-36-34(27)32(28-18-20-35-33(28)31)30-16-14-26(38-30)22-24(8-4)12-10-6-2;1-3-5-7-11(4-2)10-12-8-6-9-13-12;11-7-5-1-3-13-9(5)8(12)6-2-4-14-10(6)7;4*1-2-4-5-3-1;;;;;;;;/h13-20,23-24H,5-12,21-22H2,1-4H3;13-18,23-24H,5-12,21-22H2,1-4H3;6,8-9,11H,3-5,7,10H2,1-2H3;1-4H;3*1-4H2;1-4H;6*1H3;;. The van der Waals surface area contributed by atoms with Crippen molar-refractivity contribution >= 4 is 230 Å².